The summed E-state index contributed by atoms with van der Waals surface area (Å²) in [7, 11) is -2.10. The molecule has 130 valence electrons. The van der Waals surface area contributed by atoms with Gasteiger partial charge < -0.3 is 9.42 Å². The molecule has 0 amide bonds. The number of pyridine rings is 1. The predicted octanol–water partition coefficient (Wildman–Crippen LogP) is 1.84. The number of sulfonamides is 1. The van der Waals surface area contributed by atoms with Gasteiger partial charge in [-0.1, -0.05) is 19.0 Å². The highest BCUT2D eigenvalue weighted by Gasteiger charge is 2.31. The third-order valence-corrected chi connectivity index (χ3v) is 5.50. The quantitative estimate of drug-likeness (QED) is 0.877. The van der Waals surface area contributed by atoms with Crippen molar-refractivity contribution < 1.29 is 12.9 Å². The summed E-state index contributed by atoms with van der Waals surface area (Å²) in [5.74, 6) is 2.18. The van der Waals surface area contributed by atoms with Crippen LogP contribution in [0.4, 0.5) is 5.82 Å². The lowest BCUT2D eigenvalue weighted by Crippen LogP contribution is -2.25. The fourth-order valence-corrected chi connectivity index (χ4v) is 3.42. The van der Waals surface area contributed by atoms with Crippen molar-refractivity contribution in [2.24, 2.45) is 0 Å². The van der Waals surface area contributed by atoms with E-state index in [1.165, 1.54) is 13.2 Å². The Morgan fingerprint density at radius 2 is 2.17 bits per heavy atom. The summed E-state index contributed by atoms with van der Waals surface area (Å²) in [5, 5.41) is 4.10. The smallest absolute Gasteiger partial charge is 0.241 e. The average Bonchev–Trinajstić information content (AvgIpc) is 3.23. The Balaban J connectivity index is 1.85. The van der Waals surface area contributed by atoms with Gasteiger partial charge in [0.15, 0.2) is 5.82 Å². The van der Waals surface area contributed by atoms with Crippen molar-refractivity contribution in [1.29, 1.82) is 0 Å². The zero-order valence-electron chi connectivity index (χ0n) is 13.9. The Labute approximate surface area is 141 Å². The van der Waals surface area contributed by atoms with E-state index in [1.54, 1.807) is 12.1 Å². The molecule has 9 heteroatoms. The molecule has 1 fully saturated rings. The van der Waals surface area contributed by atoms with Crippen LogP contribution in [-0.4, -0.2) is 37.1 Å². The van der Waals surface area contributed by atoms with Crippen LogP contribution in [-0.2, 0) is 10.0 Å². The molecule has 3 heterocycles. The number of aromatic nitrogens is 3. The largest absolute Gasteiger partial charge is 0.346 e. The van der Waals surface area contributed by atoms with Gasteiger partial charge >= 0.3 is 0 Å². The molecule has 24 heavy (non-hydrogen) atoms. The predicted molar refractivity (Wildman–Crippen MR) is 88.2 cm³/mol. The van der Waals surface area contributed by atoms with Crippen LogP contribution in [0.2, 0.25) is 0 Å². The molecule has 1 saturated heterocycles. The Morgan fingerprint density at radius 3 is 2.75 bits per heavy atom. The van der Waals surface area contributed by atoms with Crippen LogP contribution in [0.25, 0.3) is 0 Å². The fraction of sp³-hybridized carbons (Fsp3) is 0.533. The molecule has 1 N–H and O–H groups in total. The summed E-state index contributed by atoms with van der Waals surface area (Å²) in [6.45, 7) is 4.83. The molecule has 0 spiro atoms. The first-order chi connectivity index (χ1) is 11.4. The van der Waals surface area contributed by atoms with Crippen LogP contribution < -0.4 is 9.62 Å². The second-order valence-corrected chi connectivity index (χ2v) is 7.94. The lowest BCUT2D eigenvalue weighted by molar-refractivity contribution is 0.358. The van der Waals surface area contributed by atoms with E-state index in [9.17, 15) is 8.42 Å². The summed E-state index contributed by atoms with van der Waals surface area (Å²) in [6, 6.07) is 3.27. The molecule has 0 radical (unpaired) electrons. The van der Waals surface area contributed by atoms with E-state index >= 15 is 0 Å². The topological polar surface area (TPSA) is 101 Å². The first kappa shape index (κ1) is 16.8. The molecule has 0 bridgehead atoms. The Kier molecular flexibility index (Phi) is 4.55. The minimum atomic E-state index is -3.48. The maximum absolute atomic E-state index is 11.8. The van der Waals surface area contributed by atoms with Crippen molar-refractivity contribution in [3.63, 3.8) is 0 Å². The molecule has 1 aliphatic rings. The van der Waals surface area contributed by atoms with Gasteiger partial charge in [0.25, 0.3) is 0 Å². The summed E-state index contributed by atoms with van der Waals surface area (Å²) >= 11 is 0. The maximum Gasteiger partial charge on any atom is 0.241 e. The van der Waals surface area contributed by atoms with Gasteiger partial charge in [-0.3, -0.25) is 0 Å². The van der Waals surface area contributed by atoms with Gasteiger partial charge in [0, 0.05) is 18.7 Å². The molecular formula is C15H21N5O3S. The van der Waals surface area contributed by atoms with E-state index in [2.05, 4.69) is 24.7 Å². The molecule has 0 aliphatic carbocycles. The highest BCUT2D eigenvalue weighted by atomic mass is 32.2. The van der Waals surface area contributed by atoms with E-state index in [-0.39, 0.29) is 16.9 Å². The molecule has 2 aromatic rings. The van der Waals surface area contributed by atoms with Gasteiger partial charge in [-0.15, -0.1) is 0 Å². The molecule has 1 aliphatic heterocycles. The lowest BCUT2D eigenvalue weighted by atomic mass is 10.2. The SMILES string of the molecule is CNS(=O)(=O)c1ccc(N2CCCC2c2noc(C(C)C)n2)nc1. The molecule has 2 aromatic heterocycles. The first-order valence-electron chi connectivity index (χ1n) is 7.92. The van der Waals surface area contributed by atoms with Crippen molar-refractivity contribution in [3.8, 4) is 0 Å². The van der Waals surface area contributed by atoms with E-state index < -0.39 is 10.0 Å². The average molecular weight is 351 g/mol. The Morgan fingerprint density at radius 1 is 1.38 bits per heavy atom. The van der Waals surface area contributed by atoms with Crippen LogP contribution in [0, 0.1) is 0 Å². The van der Waals surface area contributed by atoms with Gasteiger partial charge in [-0.05, 0) is 32.0 Å². The number of nitrogens with one attached hydrogen (secondary N) is 1. The zero-order chi connectivity index (χ0) is 17.3. The molecule has 1 atom stereocenters. The van der Waals surface area contributed by atoms with Gasteiger partial charge in [0.05, 0.1) is 6.04 Å². The lowest BCUT2D eigenvalue weighted by Gasteiger charge is -2.23. The number of rotatable bonds is 5. The Hall–Kier alpha value is -2.00. The Bertz CT molecular complexity index is 801. The van der Waals surface area contributed by atoms with E-state index in [0.717, 1.165) is 19.4 Å². The van der Waals surface area contributed by atoms with Crippen LogP contribution >= 0.6 is 0 Å². The van der Waals surface area contributed by atoms with Gasteiger partial charge in [0.1, 0.15) is 10.7 Å². The molecular weight excluding hydrogens is 330 g/mol. The molecule has 1 unspecified atom stereocenters. The third kappa shape index (κ3) is 3.13. The summed E-state index contributed by atoms with van der Waals surface area (Å²) < 4.78 is 31.2. The van der Waals surface area contributed by atoms with Crippen LogP contribution in [0.15, 0.2) is 27.7 Å². The van der Waals surface area contributed by atoms with E-state index in [4.69, 9.17) is 4.52 Å². The second-order valence-electron chi connectivity index (χ2n) is 6.06. The van der Waals surface area contributed by atoms with E-state index in [1.807, 2.05) is 13.8 Å². The van der Waals surface area contributed by atoms with Gasteiger partial charge in [0.2, 0.25) is 15.9 Å². The first-order valence-corrected chi connectivity index (χ1v) is 9.40. The van der Waals surface area contributed by atoms with Crippen molar-refractivity contribution >= 4 is 15.8 Å². The van der Waals surface area contributed by atoms with Gasteiger partial charge in [-0.2, -0.15) is 4.98 Å². The summed E-state index contributed by atoms with van der Waals surface area (Å²) in [6.07, 6.45) is 3.27. The minimum Gasteiger partial charge on any atom is -0.346 e. The van der Waals surface area contributed by atoms with E-state index in [0.29, 0.717) is 17.5 Å². The van der Waals surface area contributed by atoms with Crippen LogP contribution in [0.3, 0.4) is 0 Å². The van der Waals surface area contributed by atoms with Crippen molar-refractivity contribution in [2.75, 3.05) is 18.5 Å². The normalized spacial score (nSPS) is 18.5. The molecule has 0 aromatic carbocycles. The molecule has 0 saturated carbocycles. The minimum absolute atomic E-state index is 0.000470. The summed E-state index contributed by atoms with van der Waals surface area (Å²) in [4.78, 5) is 11.0. The van der Waals surface area contributed by atoms with Crippen molar-refractivity contribution in [3.05, 3.63) is 30.0 Å². The number of hydrogen-bond donors (Lipinski definition) is 1. The van der Waals surface area contributed by atoms with Crippen molar-refractivity contribution in [2.45, 2.75) is 43.5 Å². The maximum atomic E-state index is 11.8. The molecule has 8 nitrogen and oxygen atoms in total. The number of nitrogens with zero attached hydrogens (tertiary/aromatic N) is 4. The second kappa shape index (κ2) is 6.48. The van der Waals surface area contributed by atoms with Crippen LogP contribution in [0.5, 0.6) is 0 Å². The third-order valence-electron chi connectivity index (χ3n) is 4.10. The highest BCUT2D eigenvalue weighted by molar-refractivity contribution is 7.89. The zero-order valence-corrected chi connectivity index (χ0v) is 14.7. The fourth-order valence-electron chi connectivity index (χ4n) is 2.75. The standard InChI is InChI=1S/C15H21N5O3S/c1-10(2)15-18-14(19-23-15)12-5-4-8-20(12)13-7-6-11(9-17-13)24(21,22)16-3/h6-7,9-10,12,16H,4-5,8H2,1-3H3. The van der Waals surface area contributed by atoms with Crippen LogP contribution in [0.1, 0.15) is 50.4 Å². The monoisotopic (exact) mass is 351 g/mol. The van der Waals surface area contributed by atoms with Gasteiger partial charge in [-0.25, -0.2) is 18.1 Å². The molecule has 3 rings (SSSR count). The van der Waals surface area contributed by atoms with Crippen molar-refractivity contribution in [1.82, 2.24) is 19.8 Å². The number of hydrogen-bond acceptors (Lipinski definition) is 7. The summed E-state index contributed by atoms with van der Waals surface area (Å²) in [5.41, 5.74) is 0. The number of anilines is 1. The highest BCUT2D eigenvalue weighted by Crippen LogP contribution is 2.34.